The van der Waals surface area contributed by atoms with Crippen LogP contribution in [0.2, 0.25) is 0 Å². The first-order chi connectivity index (χ1) is 16.1. The summed E-state index contributed by atoms with van der Waals surface area (Å²) < 4.78 is 48.3. The number of carbonyl (C=O) groups is 1. The van der Waals surface area contributed by atoms with Gasteiger partial charge in [-0.05, 0) is 37.6 Å². The minimum absolute atomic E-state index is 0.00451. The second-order valence-corrected chi connectivity index (χ2v) is 10.8. The van der Waals surface area contributed by atoms with Crippen molar-refractivity contribution in [3.05, 3.63) is 42.0 Å². The van der Waals surface area contributed by atoms with Gasteiger partial charge in [-0.3, -0.25) is 9.48 Å². The third-order valence-electron chi connectivity index (χ3n) is 6.00. The van der Waals surface area contributed by atoms with Crippen LogP contribution in [-0.2, 0) is 32.7 Å². The fourth-order valence-electron chi connectivity index (χ4n) is 3.83. The van der Waals surface area contributed by atoms with E-state index in [2.05, 4.69) is 10.3 Å². The van der Waals surface area contributed by atoms with E-state index in [4.69, 9.17) is 4.74 Å². The lowest BCUT2D eigenvalue weighted by Crippen LogP contribution is -2.47. The molecule has 188 valence electrons. The van der Waals surface area contributed by atoms with Crippen molar-refractivity contribution in [2.24, 2.45) is 5.92 Å². The zero-order valence-electron chi connectivity index (χ0n) is 19.7. The summed E-state index contributed by atoms with van der Waals surface area (Å²) in [5.41, 5.74) is 0.604. The summed E-state index contributed by atoms with van der Waals surface area (Å²) in [5, 5.41) is 17.8. The van der Waals surface area contributed by atoms with E-state index >= 15 is 0 Å². The van der Waals surface area contributed by atoms with E-state index in [0.717, 1.165) is 16.4 Å². The number of halogens is 1. The number of ether oxygens (including phenoxy) is 1. The lowest BCUT2D eigenvalue weighted by atomic mass is 10.0. The molecule has 3 atom stereocenters. The first-order valence-corrected chi connectivity index (χ1v) is 12.7. The van der Waals surface area contributed by atoms with Gasteiger partial charge in [-0.15, -0.1) is 5.10 Å². The van der Waals surface area contributed by atoms with Gasteiger partial charge in [0, 0.05) is 39.0 Å². The fourth-order valence-corrected chi connectivity index (χ4v) is 5.01. The predicted octanol–water partition coefficient (Wildman–Crippen LogP) is 1.26. The van der Waals surface area contributed by atoms with Crippen molar-refractivity contribution >= 4 is 15.9 Å². The van der Waals surface area contributed by atoms with Gasteiger partial charge in [0.2, 0.25) is 15.9 Å². The Labute approximate surface area is 199 Å². The molecule has 0 fully saturated rings. The van der Waals surface area contributed by atoms with Crippen molar-refractivity contribution in [2.45, 2.75) is 56.9 Å². The molecule has 0 saturated carbocycles. The molecular weight excluding hydrogens is 465 g/mol. The second kappa shape index (κ2) is 11.3. The van der Waals surface area contributed by atoms with Crippen LogP contribution in [0, 0.1) is 11.7 Å². The molecule has 1 amide bonds. The van der Waals surface area contributed by atoms with Crippen molar-refractivity contribution in [3.63, 3.8) is 0 Å². The predicted molar refractivity (Wildman–Crippen MR) is 121 cm³/mol. The summed E-state index contributed by atoms with van der Waals surface area (Å²) in [5.74, 6) is -0.886. The van der Waals surface area contributed by atoms with E-state index in [9.17, 15) is 22.7 Å². The fraction of sp³-hybridized carbons (Fsp3) is 0.591. The summed E-state index contributed by atoms with van der Waals surface area (Å²) in [4.78, 5) is 14.5. The van der Waals surface area contributed by atoms with Gasteiger partial charge in [-0.2, -0.15) is 4.31 Å². The van der Waals surface area contributed by atoms with Crippen LogP contribution in [0.4, 0.5) is 4.39 Å². The van der Waals surface area contributed by atoms with Gasteiger partial charge in [0.1, 0.15) is 11.5 Å². The number of rotatable bonds is 6. The number of aryl methyl sites for hydroxylation is 1. The van der Waals surface area contributed by atoms with E-state index in [-0.39, 0.29) is 42.9 Å². The minimum atomic E-state index is -3.89. The molecule has 1 aromatic heterocycles. The quantitative estimate of drug-likeness (QED) is 0.638. The summed E-state index contributed by atoms with van der Waals surface area (Å²) in [6.07, 6.45) is 2.02. The number of aliphatic hydroxyl groups excluding tert-OH is 1. The van der Waals surface area contributed by atoms with Crippen molar-refractivity contribution < 1.29 is 27.4 Å². The molecule has 0 spiro atoms. The van der Waals surface area contributed by atoms with Crippen molar-refractivity contribution in [1.29, 1.82) is 0 Å². The molecule has 3 rings (SSSR count). The van der Waals surface area contributed by atoms with Crippen LogP contribution in [0.25, 0.3) is 0 Å². The average molecular weight is 498 g/mol. The van der Waals surface area contributed by atoms with E-state index in [1.807, 2.05) is 6.92 Å². The Morgan fingerprint density at radius 3 is 2.71 bits per heavy atom. The zero-order chi connectivity index (χ0) is 24.9. The van der Waals surface area contributed by atoms with Crippen LogP contribution in [0.15, 0.2) is 35.4 Å². The van der Waals surface area contributed by atoms with Crippen LogP contribution >= 0.6 is 0 Å². The van der Waals surface area contributed by atoms with Gasteiger partial charge >= 0.3 is 0 Å². The Kier molecular flexibility index (Phi) is 8.74. The number of aromatic nitrogens is 3. The highest BCUT2D eigenvalue weighted by molar-refractivity contribution is 7.89. The summed E-state index contributed by atoms with van der Waals surface area (Å²) >= 11 is 0. The van der Waals surface area contributed by atoms with Crippen LogP contribution < -0.4 is 0 Å². The van der Waals surface area contributed by atoms with E-state index in [1.54, 1.807) is 22.7 Å². The number of carbonyl (C=O) groups excluding carboxylic acids is 1. The second-order valence-electron chi connectivity index (χ2n) is 8.72. The molecule has 34 heavy (non-hydrogen) atoms. The van der Waals surface area contributed by atoms with Crippen molar-refractivity contribution in [1.82, 2.24) is 24.2 Å². The lowest BCUT2D eigenvalue weighted by Gasteiger charge is -2.35. The minimum Gasteiger partial charge on any atom is -0.394 e. The molecule has 0 aliphatic carbocycles. The topological polar surface area (TPSA) is 118 Å². The Morgan fingerprint density at radius 1 is 1.32 bits per heavy atom. The zero-order valence-corrected chi connectivity index (χ0v) is 20.5. The van der Waals surface area contributed by atoms with Gasteiger partial charge in [-0.1, -0.05) is 12.1 Å². The summed E-state index contributed by atoms with van der Waals surface area (Å²) in [6.45, 7) is 4.41. The number of benzene rings is 1. The molecule has 12 heteroatoms. The largest absolute Gasteiger partial charge is 0.394 e. The molecule has 1 N–H and O–H groups in total. The molecule has 2 aromatic rings. The SMILES string of the molecule is C[C@H](CO)N1C[C@H](C)[C@H](CN(C)S(=O)(=O)c2ccc(F)cc2)OCc2cn(nn2)CCCC1=O. The highest BCUT2D eigenvalue weighted by atomic mass is 32.2. The number of likely N-dealkylation sites (N-methyl/N-ethyl adjacent to an activating group) is 1. The number of hydrogen-bond donors (Lipinski definition) is 1. The molecule has 0 radical (unpaired) electrons. The highest BCUT2D eigenvalue weighted by Crippen LogP contribution is 2.21. The van der Waals surface area contributed by atoms with E-state index in [0.29, 0.717) is 25.2 Å². The molecule has 0 unspecified atom stereocenters. The average Bonchev–Trinajstić information content (AvgIpc) is 3.26. The van der Waals surface area contributed by atoms with E-state index in [1.165, 1.54) is 19.2 Å². The molecule has 2 heterocycles. The number of nitrogens with zero attached hydrogens (tertiary/aromatic N) is 5. The maximum absolute atomic E-state index is 13.3. The van der Waals surface area contributed by atoms with Crippen LogP contribution in [-0.4, -0.2) is 82.5 Å². The lowest BCUT2D eigenvalue weighted by molar-refractivity contribution is -0.136. The smallest absolute Gasteiger partial charge is 0.242 e. The molecule has 10 nitrogen and oxygen atoms in total. The van der Waals surface area contributed by atoms with Crippen LogP contribution in [0.1, 0.15) is 32.4 Å². The Morgan fingerprint density at radius 2 is 2.03 bits per heavy atom. The van der Waals surface area contributed by atoms with Crippen molar-refractivity contribution in [3.8, 4) is 0 Å². The Bertz CT molecular complexity index is 1060. The Hall–Kier alpha value is -2.41. The molecular formula is C22H32FN5O5S. The molecule has 1 aliphatic rings. The normalized spacial score (nSPS) is 21.6. The molecule has 2 bridgehead atoms. The van der Waals surface area contributed by atoms with Crippen LogP contribution in [0.3, 0.4) is 0 Å². The first-order valence-electron chi connectivity index (χ1n) is 11.2. The molecule has 1 aliphatic heterocycles. The third-order valence-corrected chi connectivity index (χ3v) is 7.84. The number of sulfonamides is 1. The molecule has 1 aromatic carbocycles. The number of fused-ring (bicyclic) bond motifs is 2. The maximum atomic E-state index is 13.3. The summed E-state index contributed by atoms with van der Waals surface area (Å²) in [6, 6.07) is 4.25. The standard InChI is InChI=1S/C22H32FN5O5S/c1-16-11-28(17(2)14-29)22(30)5-4-10-27-12-19(24-25-27)15-33-21(16)13-26(3)34(31,32)20-8-6-18(23)7-9-20/h6-9,12,16-17,21,29H,4-5,10-11,13-15H2,1-3H3/t16-,17+,21-/m0/s1. The van der Waals surface area contributed by atoms with Gasteiger partial charge < -0.3 is 14.7 Å². The Balaban J connectivity index is 1.85. The number of aliphatic hydroxyl groups is 1. The monoisotopic (exact) mass is 497 g/mol. The number of amides is 1. The summed E-state index contributed by atoms with van der Waals surface area (Å²) in [7, 11) is -2.45. The van der Waals surface area contributed by atoms with Gasteiger partial charge in [0.25, 0.3) is 0 Å². The van der Waals surface area contributed by atoms with Crippen molar-refractivity contribution in [2.75, 3.05) is 26.7 Å². The van der Waals surface area contributed by atoms with E-state index < -0.39 is 28.0 Å². The highest BCUT2D eigenvalue weighted by Gasteiger charge is 2.31. The molecule has 0 saturated heterocycles. The first kappa shape index (κ1) is 26.2. The maximum Gasteiger partial charge on any atom is 0.242 e. The van der Waals surface area contributed by atoms with Gasteiger partial charge in [0.15, 0.2) is 0 Å². The number of hydrogen-bond acceptors (Lipinski definition) is 7. The third kappa shape index (κ3) is 6.38. The van der Waals surface area contributed by atoms with Gasteiger partial charge in [-0.25, -0.2) is 12.8 Å². The van der Waals surface area contributed by atoms with Crippen LogP contribution in [0.5, 0.6) is 0 Å². The van der Waals surface area contributed by atoms with Gasteiger partial charge in [0.05, 0.1) is 36.5 Å².